The molecule has 4 rings (SSSR count). The molecular formula is C27H24AsIO2+2. The van der Waals surface area contributed by atoms with Crippen LogP contribution in [0.5, 0.6) is 0 Å². The Labute approximate surface area is 196 Å². The molecule has 154 valence electrons. The van der Waals surface area contributed by atoms with Crippen molar-refractivity contribution in [3.8, 4) is 0 Å². The predicted molar refractivity (Wildman–Crippen MR) is 126 cm³/mol. The van der Waals surface area contributed by atoms with Gasteiger partial charge in [0.2, 0.25) is 0 Å². The van der Waals surface area contributed by atoms with Crippen LogP contribution in [0.15, 0.2) is 130 Å². The summed E-state index contributed by atoms with van der Waals surface area (Å²) in [6, 6.07) is 42.5. The number of aliphatic hydroxyl groups excluding tert-OH is 1. The molecule has 0 amide bonds. The first-order valence-corrected chi connectivity index (χ1v) is 15.9. The molecule has 0 radical (unpaired) electrons. The second kappa shape index (κ2) is 10.2. The molecule has 0 aliphatic carbocycles. The van der Waals surface area contributed by atoms with Crippen LogP contribution in [0.4, 0.5) is 0 Å². The zero-order valence-corrected chi connectivity index (χ0v) is 21.3. The number of hydrogen-bond acceptors (Lipinski definition) is 2. The van der Waals surface area contributed by atoms with Gasteiger partial charge in [0.25, 0.3) is 0 Å². The molecule has 0 aliphatic heterocycles. The van der Waals surface area contributed by atoms with Gasteiger partial charge in [0.1, 0.15) is 0 Å². The van der Waals surface area contributed by atoms with E-state index in [0.717, 1.165) is 2.37 Å². The minimum atomic E-state index is -3.26. The summed E-state index contributed by atoms with van der Waals surface area (Å²) < 4.78 is 11.7. The average molecular weight is 582 g/mol. The first-order valence-electron chi connectivity index (χ1n) is 10.0. The quantitative estimate of drug-likeness (QED) is 0.201. The van der Waals surface area contributed by atoms with Gasteiger partial charge < -0.3 is 0 Å². The molecule has 0 saturated carbocycles. The summed E-state index contributed by atoms with van der Waals surface area (Å²) in [5, 5.41) is 11.2. The second-order valence-corrected chi connectivity index (χ2v) is 18.6. The maximum absolute atomic E-state index is 11.2. The van der Waals surface area contributed by atoms with Crippen molar-refractivity contribution in [2.75, 3.05) is 7.11 Å². The van der Waals surface area contributed by atoms with E-state index in [1.165, 1.54) is 16.6 Å². The Bertz CT molecular complexity index is 1030. The molecule has 31 heavy (non-hydrogen) atoms. The van der Waals surface area contributed by atoms with Crippen molar-refractivity contribution >= 4 is 26.6 Å². The Morgan fingerprint density at radius 2 is 0.968 bits per heavy atom. The van der Waals surface area contributed by atoms with Crippen molar-refractivity contribution in [2.24, 2.45) is 0 Å². The summed E-state index contributed by atoms with van der Waals surface area (Å²) in [6.07, 6.45) is 0. The van der Waals surface area contributed by atoms with Crippen LogP contribution in [0.1, 0.15) is 0 Å². The fourth-order valence-corrected chi connectivity index (χ4v) is 21.3. The molecule has 0 fully saturated rings. The van der Waals surface area contributed by atoms with Gasteiger partial charge in [-0.05, 0) is 0 Å². The van der Waals surface area contributed by atoms with Crippen molar-refractivity contribution in [3.05, 3.63) is 133 Å². The number of benzene rings is 4. The van der Waals surface area contributed by atoms with Gasteiger partial charge in [0, 0.05) is 0 Å². The Hall–Kier alpha value is -2.49. The van der Waals surface area contributed by atoms with Crippen LogP contribution >= 0.6 is 0 Å². The summed E-state index contributed by atoms with van der Waals surface area (Å²) in [4.78, 5) is 0. The Morgan fingerprint density at radius 1 is 0.613 bits per heavy atom. The minimum absolute atomic E-state index is 0.0701. The van der Waals surface area contributed by atoms with Crippen molar-refractivity contribution < 1.29 is 31.0 Å². The van der Waals surface area contributed by atoms with Gasteiger partial charge in [-0.15, -0.1) is 0 Å². The van der Waals surface area contributed by atoms with Gasteiger partial charge in [0.05, 0.1) is 0 Å². The first kappa shape index (κ1) is 21.7. The normalized spacial score (nSPS) is 12.2. The van der Waals surface area contributed by atoms with Crippen LogP contribution in [-0.2, 0) is 4.74 Å². The summed E-state index contributed by atoms with van der Waals surface area (Å²) in [5.41, 5.74) is 0. The SMILES string of the molecule is COC(O)=C([I+]c1ccccc1)[As+](c1ccccc1)(c1ccccc1)c1ccccc1. The van der Waals surface area contributed by atoms with Crippen molar-refractivity contribution in [1.82, 2.24) is 0 Å². The van der Waals surface area contributed by atoms with Crippen molar-refractivity contribution in [2.45, 2.75) is 0 Å². The summed E-state index contributed by atoms with van der Waals surface area (Å²) in [5.74, 6) is 0.0701. The standard InChI is InChI=1S/C27H23AsIO2/c1-31-27(30)26(29-25-20-12-5-13-21-25)28(22-14-6-2-7-15-22,23-16-8-3-9-17-23)24-18-10-4-11-19-24/h2-21H,1H3/q+1/p+1. The maximum atomic E-state index is 11.2. The zero-order valence-electron chi connectivity index (χ0n) is 17.2. The predicted octanol–water partition coefficient (Wildman–Crippen LogP) is 1.03. The van der Waals surface area contributed by atoms with E-state index in [2.05, 4.69) is 115 Å². The molecule has 4 aromatic carbocycles. The number of halogens is 1. The first-order chi connectivity index (χ1) is 15.3. The number of methoxy groups -OCH3 is 1. The van der Waals surface area contributed by atoms with Crippen LogP contribution in [0.2, 0.25) is 0 Å². The average Bonchev–Trinajstić information content (AvgIpc) is 2.86. The molecule has 2 nitrogen and oxygen atoms in total. The van der Waals surface area contributed by atoms with Crippen LogP contribution in [-0.4, -0.2) is 25.8 Å². The van der Waals surface area contributed by atoms with E-state index in [0.29, 0.717) is 0 Å². The molecule has 0 saturated heterocycles. The molecule has 1 N–H and O–H groups in total. The number of hydrogen-bond donors (Lipinski definition) is 1. The van der Waals surface area contributed by atoms with Gasteiger partial charge >= 0.3 is 198 Å². The van der Waals surface area contributed by atoms with E-state index >= 15 is 0 Å². The molecule has 0 aliphatic rings. The fourth-order valence-electron chi connectivity index (χ4n) is 3.65. The Kier molecular flexibility index (Phi) is 7.16. The molecule has 0 spiro atoms. The molecule has 0 heterocycles. The number of aliphatic hydroxyl groups is 1. The van der Waals surface area contributed by atoms with Crippen LogP contribution in [0, 0.1) is 3.57 Å². The van der Waals surface area contributed by atoms with E-state index < -0.39 is 34.8 Å². The molecule has 4 heteroatoms. The van der Waals surface area contributed by atoms with Crippen LogP contribution < -0.4 is 34.3 Å². The summed E-state index contributed by atoms with van der Waals surface area (Å²) in [7, 11) is 1.57. The molecule has 0 unspecified atom stereocenters. The third-order valence-electron chi connectivity index (χ3n) is 5.03. The van der Waals surface area contributed by atoms with E-state index in [1.807, 2.05) is 6.07 Å². The molecule has 4 aromatic rings. The topological polar surface area (TPSA) is 29.5 Å². The van der Waals surface area contributed by atoms with E-state index in [9.17, 15) is 5.11 Å². The third kappa shape index (κ3) is 4.44. The number of rotatable bonds is 7. The van der Waals surface area contributed by atoms with Gasteiger partial charge in [-0.3, -0.25) is 0 Å². The van der Waals surface area contributed by atoms with Crippen molar-refractivity contribution in [1.29, 1.82) is 0 Å². The number of ether oxygens (including phenoxy) is 1. The zero-order chi connectivity index (χ0) is 21.5. The summed E-state index contributed by atoms with van der Waals surface area (Å²) in [6.45, 7) is 0. The fraction of sp³-hybridized carbons (Fsp3) is 0.0370. The van der Waals surface area contributed by atoms with Crippen molar-refractivity contribution in [3.63, 3.8) is 0 Å². The second-order valence-electron chi connectivity index (χ2n) is 6.87. The Morgan fingerprint density at radius 3 is 1.32 bits per heavy atom. The van der Waals surface area contributed by atoms with Crippen LogP contribution in [0.3, 0.4) is 0 Å². The molecule has 0 aromatic heterocycles. The molecule has 0 bridgehead atoms. The molecule has 0 atom stereocenters. The molecular weight excluding hydrogens is 558 g/mol. The summed E-state index contributed by atoms with van der Waals surface area (Å²) >= 11 is -3.94. The Balaban J connectivity index is 2.10. The van der Waals surface area contributed by atoms with Crippen LogP contribution in [0.25, 0.3) is 0 Å². The van der Waals surface area contributed by atoms with Gasteiger partial charge in [-0.25, -0.2) is 0 Å². The monoisotopic (exact) mass is 582 g/mol. The van der Waals surface area contributed by atoms with Gasteiger partial charge in [-0.2, -0.15) is 0 Å². The third-order valence-corrected chi connectivity index (χ3v) is 20.7. The van der Waals surface area contributed by atoms with Gasteiger partial charge in [-0.1, -0.05) is 0 Å². The van der Waals surface area contributed by atoms with E-state index in [-0.39, 0.29) is 5.95 Å². The van der Waals surface area contributed by atoms with Gasteiger partial charge in [0.15, 0.2) is 0 Å². The van der Waals surface area contributed by atoms with E-state index in [1.54, 1.807) is 7.11 Å². The van der Waals surface area contributed by atoms with E-state index in [4.69, 9.17) is 4.74 Å².